The van der Waals surface area contributed by atoms with Crippen LogP contribution in [0.15, 0.2) is 0 Å². The van der Waals surface area contributed by atoms with Gasteiger partial charge in [-0.2, -0.15) is 5.26 Å². The number of rotatable bonds is 6. The molecular formula is C10H21N3. The van der Waals surface area contributed by atoms with E-state index in [2.05, 4.69) is 30.3 Å². The van der Waals surface area contributed by atoms with E-state index in [0.717, 1.165) is 13.1 Å². The summed E-state index contributed by atoms with van der Waals surface area (Å²) in [6.07, 6.45) is 2.40. The van der Waals surface area contributed by atoms with Gasteiger partial charge in [-0.15, -0.1) is 0 Å². The van der Waals surface area contributed by atoms with Crippen molar-refractivity contribution in [3.63, 3.8) is 0 Å². The van der Waals surface area contributed by atoms with Gasteiger partial charge >= 0.3 is 0 Å². The Bertz CT molecular complexity index is 173. The fourth-order valence-electron chi connectivity index (χ4n) is 1.22. The normalized spacial score (nSPS) is 15.4. The number of nitrogens with zero attached hydrogens (tertiary/aromatic N) is 2. The zero-order valence-corrected chi connectivity index (χ0v) is 9.22. The van der Waals surface area contributed by atoms with Gasteiger partial charge in [-0.3, -0.25) is 0 Å². The highest BCUT2D eigenvalue weighted by molar-refractivity contribution is 5.04. The fraction of sp³-hybridized carbons (Fsp3) is 0.900. The van der Waals surface area contributed by atoms with Crippen LogP contribution in [0.5, 0.6) is 0 Å². The van der Waals surface area contributed by atoms with E-state index < -0.39 is 5.54 Å². The van der Waals surface area contributed by atoms with Crippen molar-refractivity contribution in [2.45, 2.75) is 32.2 Å². The van der Waals surface area contributed by atoms with Crippen molar-refractivity contribution in [2.24, 2.45) is 0 Å². The predicted octanol–water partition coefficient (Wildman–Crippen LogP) is 1.22. The van der Waals surface area contributed by atoms with Crippen molar-refractivity contribution in [1.82, 2.24) is 10.2 Å². The van der Waals surface area contributed by atoms with Gasteiger partial charge in [0, 0.05) is 6.54 Å². The average molecular weight is 183 g/mol. The number of hydrogen-bond acceptors (Lipinski definition) is 3. The molecule has 3 heteroatoms. The van der Waals surface area contributed by atoms with E-state index in [9.17, 15) is 0 Å². The summed E-state index contributed by atoms with van der Waals surface area (Å²) in [7, 11) is 3.89. The summed E-state index contributed by atoms with van der Waals surface area (Å²) in [6, 6.07) is 2.28. The summed E-state index contributed by atoms with van der Waals surface area (Å²) < 4.78 is 0. The predicted molar refractivity (Wildman–Crippen MR) is 55.5 cm³/mol. The Kier molecular flexibility index (Phi) is 5.68. The molecule has 0 aliphatic heterocycles. The van der Waals surface area contributed by atoms with Gasteiger partial charge in [0.2, 0.25) is 0 Å². The van der Waals surface area contributed by atoms with Crippen LogP contribution in [0.4, 0.5) is 0 Å². The Morgan fingerprint density at radius 2 is 2.15 bits per heavy atom. The molecule has 0 aliphatic rings. The molecule has 13 heavy (non-hydrogen) atoms. The molecule has 1 unspecified atom stereocenters. The second-order valence-electron chi connectivity index (χ2n) is 3.79. The van der Waals surface area contributed by atoms with Crippen LogP contribution in [0.1, 0.15) is 26.7 Å². The van der Waals surface area contributed by atoms with E-state index >= 15 is 0 Å². The lowest BCUT2D eigenvalue weighted by Crippen LogP contribution is -2.47. The Hall–Kier alpha value is -0.590. The third kappa shape index (κ3) is 4.87. The summed E-state index contributed by atoms with van der Waals surface area (Å²) in [5.41, 5.74) is -0.414. The smallest absolute Gasteiger partial charge is 0.116 e. The van der Waals surface area contributed by atoms with Crippen molar-refractivity contribution in [3.8, 4) is 6.07 Å². The van der Waals surface area contributed by atoms with E-state index in [4.69, 9.17) is 5.26 Å². The Labute approximate surface area is 81.7 Å². The highest BCUT2D eigenvalue weighted by Gasteiger charge is 2.22. The van der Waals surface area contributed by atoms with Crippen LogP contribution in [0.2, 0.25) is 0 Å². The van der Waals surface area contributed by atoms with Crippen molar-refractivity contribution in [3.05, 3.63) is 0 Å². The van der Waals surface area contributed by atoms with Gasteiger partial charge in [0.1, 0.15) is 5.54 Å². The standard InChI is InChI=1S/C10H21N3/c1-5-6-7-13(4)9-10(2,8-11)12-3/h12H,5-7,9H2,1-4H3. The maximum Gasteiger partial charge on any atom is 0.116 e. The highest BCUT2D eigenvalue weighted by atomic mass is 15.1. The van der Waals surface area contributed by atoms with Crippen molar-refractivity contribution < 1.29 is 0 Å². The van der Waals surface area contributed by atoms with Gasteiger partial charge in [0.25, 0.3) is 0 Å². The number of hydrogen-bond donors (Lipinski definition) is 1. The number of likely N-dealkylation sites (N-methyl/N-ethyl adjacent to an activating group) is 2. The first-order valence-corrected chi connectivity index (χ1v) is 4.86. The van der Waals surface area contributed by atoms with Gasteiger partial charge in [-0.05, 0) is 34.0 Å². The lowest BCUT2D eigenvalue weighted by molar-refractivity contribution is 0.265. The first kappa shape index (κ1) is 12.4. The van der Waals surface area contributed by atoms with Gasteiger partial charge in [0.15, 0.2) is 0 Å². The molecule has 0 heterocycles. The SMILES string of the molecule is CCCCN(C)CC(C)(C#N)NC. The largest absolute Gasteiger partial charge is 0.303 e. The Morgan fingerprint density at radius 3 is 2.54 bits per heavy atom. The third-order valence-electron chi connectivity index (χ3n) is 2.28. The maximum absolute atomic E-state index is 8.92. The second-order valence-corrected chi connectivity index (χ2v) is 3.79. The molecule has 0 saturated carbocycles. The van der Waals surface area contributed by atoms with Crippen LogP contribution in [0.25, 0.3) is 0 Å². The van der Waals surface area contributed by atoms with Gasteiger partial charge in [-0.25, -0.2) is 0 Å². The van der Waals surface area contributed by atoms with Crippen LogP contribution in [0, 0.1) is 11.3 Å². The molecule has 0 rings (SSSR count). The molecule has 0 aliphatic carbocycles. The molecule has 0 amide bonds. The summed E-state index contributed by atoms with van der Waals surface area (Å²) in [5, 5.41) is 12.0. The topological polar surface area (TPSA) is 39.1 Å². The summed E-state index contributed by atoms with van der Waals surface area (Å²) in [4.78, 5) is 2.20. The number of unbranched alkanes of at least 4 members (excludes halogenated alkanes) is 1. The lowest BCUT2D eigenvalue weighted by Gasteiger charge is -2.27. The molecule has 0 aromatic carbocycles. The molecular weight excluding hydrogens is 162 g/mol. The number of nitriles is 1. The molecule has 76 valence electrons. The van der Waals surface area contributed by atoms with Crippen LogP contribution in [-0.2, 0) is 0 Å². The molecule has 0 spiro atoms. The summed E-state index contributed by atoms with van der Waals surface area (Å²) in [6.45, 7) is 5.94. The van der Waals surface area contributed by atoms with Crippen LogP contribution < -0.4 is 5.32 Å². The zero-order valence-electron chi connectivity index (χ0n) is 9.22. The first-order valence-electron chi connectivity index (χ1n) is 4.86. The molecule has 0 aromatic rings. The molecule has 3 nitrogen and oxygen atoms in total. The average Bonchev–Trinajstić information content (AvgIpc) is 2.14. The van der Waals surface area contributed by atoms with Crippen molar-refractivity contribution in [1.29, 1.82) is 5.26 Å². The second kappa shape index (κ2) is 5.95. The zero-order chi connectivity index (χ0) is 10.3. The minimum Gasteiger partial charge on any atom is -0.303 e. The Morgan fingerprint density at radius 1 is 1.54 bits per heavy atom. The third-order valence-corrected chi connectivity index (χ3v) is 2.28. The molecule has 0 bridgehead atoms. The van der Waals surface area contributed by atoms with Crippen molar-refractivity contribution >= 4 is 0 Å². The lowest BCUT2D eigenvalue weighted by atomic mass is 10.0. The quantitative estimate of drug-likeness (QED) is 0.673. The summed E-state index contributed by atoms with van der Waals surface area (Å²) in [5.74, 6) is 0. The molecule has 1 N–H and O–H groups in total. The van der Waals surface area contributed by atoms with E-state index in [-0.39, 0.29) is 0 Å². The van der Waals surface area contributed by atoms with Crippen LogP contribution in [0.3, 0.4) is 0 Å². The minimum absolute atomic E-state index is 0.414. The molecule has 0 aromatic heterocycles. The monoisotopic (exact) mass is 183 g/mol. The molecule has 0 fully saturated rings. The van der Waals surface area contributed by atoms with Gasteiger partial charge in [-0.1, -0.05) is 13.3 Å². The number of nitrogens with one attached hydrogen (secondary N) is 1. The summed E-state index contributed by atoms with van der Waals surface area (Å²) >= 11 is 0. The van der Waals surface area contributed by atoms with E-state index in [1.165, 1.54) is 12.8 Å². The van der Waals surface area contributed by atoms with E-state index in [1.54, 1.807) is 0 Å². The van der Waals surface area contributed by atoms with Gasteiger partial charge < -0.3 is 10.2 Å². The highest BCUT2D eigenvalue weighted by Crippen LogP contribution is 2.04. The molecule has 0 saturated heterocycles. The van der Waals surface area contributed by atoms with Crippen LogP contribution in [-0.4, -0.2) is 37.6 Å². The fourth-order valence-corrected chi connectivity index (χ4v) is 1.22. The maximum atomic E-state index is 8.92. The molecule has 0 radical (unpaired) electrons. The first-order chi connectivity index (χ1) is 6.08. The van der Waals surface area contributed by atoms with E-state index in [0.29, 0.717) is 0 Å². The molecule has 1 atom stereocenters. The van der Waals surface area contributed by atoms with E-state index in [1.807, 2.05) is 14.0 Å². The van der Waals surface area contributed by atoms with Crippen LogP contribution >= 0.6 is 0 Å². The van der Waals surface area contributed by atoms with Gasteiger partial charge in [0.05, 0.1) is 6.07 Å². The van der Waals surface area contributed by atoms with Crippen molar-refractivity contribution in [2.75, 3.05) is 27.2 Å². The minimum atomic E-state index is -0.414. The Balaban J connectivity index is 3.89.